The first-order chi connectivity index (χ1) is 8.52. The van der Waals surface area contributed by atoms with E-state index in [0.717, 1.165) is 0 Å². The molecule has 0 atom stereocenters. The Morgan fingerprint density at radius 1 is 0.895 bits per heavy atom. The number of primary amides is 1. The van der Waals surface area contributed by atoms with Gasteiger partial charge in [-0.3, -0.25) is 0 Å². The van der Waals surface area contributed by atoms with Crippen LogP contribution in [0.5, 0.6) is 0 Å². The van der Waals surface area contributed by atoms with Gasteiger partial charge < -0.3 is 45.5 Å². The predicted octanol–water partition coefficient (Wildman–Crippen LogP) is 2.45. The van der Waals surface area contributed by atoms with Crippen LogP contribution in [0.3, 0.4) is 0 Å². The number of carbonyl (C=O) groups is 2. The van der Waals surface area contributed by atoms with Crippen LogP contribution < -0.4 is 5.73 Å². The molecule has 2 aliphatic rings. The van der Waals surface area contributed by atoms with Crippen molar-refractivity contribution in [3.05, 3.63) is 0 Å². The van der Waals surface area contributed by atoms with E-state index >= 15 is 0 Å². The molecule has 0 heterocycles. The second-order valence-electron chi connectivity index (χ2n) is 4.87. The molecular formula is C12H20N2O2S2Zn. The zero-order chi connectivity index (χ0) is 13.5. The summed E-state index contributed by atoms with van der Waals surface area (Å²) in [5.74, 6) is 0. The molecule has 0 aromatic heterocycles. The molecule has 0 spiro atoms. The summed E-state index contributed by atoms with van der Waals surface area (Å²) in [6, 6.07) is 0.950. The molecule has 2 rings (SSSR count). The smallest absolute Gasteiger partial charge is 0.719 e. The van der Waals surface area contributed by atoms with Crippen LogP contribution in [-0.2, 0) is 44.7 Å². The minimum Gasteiger partial charge on any atom is -0.719 e. The largest absolute Gasteiger partial charge is 2.00 e. The minimum absolute atomic E-state index is 0. The third-order valence-electron chi connectivity index (χ3n) is 3.65. The zero-order valence-corrected chi connectivity index (χ0v) is 15.8. The van der Waals surface area contributed by atoms with Gasteiger partial charge in [0.15, 0.2) is 0 Å². The van der Waals surface area contributed by atoms with Gasteiger partial charge in [-0.1, -0.05) is 25.7 Å². The molecule has 2 N–H and O–H groups in total. The van der Waals surface area contributed by atoms with Crippen LogP contribution in [0.1, 0.15) is 51.4 Å². The molecule has 0 aliphatic heterocycles. The quantitative estimate of drug-likeness (QED) is 0.612. The van der Waals surface area contributed by atoms with Gasteiger partial charge >= 0.3 is 19.5 Å². The summed E-state index contributed by atoms with van der Waals surface area (Å²) in [6.45, 7) is 0. The first-order valence-electron chi connectivity index (χ1n) is 6.48. The van der Waals surface area contributed by atoms with Gasteiger partial charge in [0.1, 0.15) is 5.24 Å². The zero-order valence-electron chi connectivity index (χ0n) is 11.2. The van der Waals surface area contributed by atoms with Crippen LogP contribution in [-0.4, -0.2) is 27.5 Å². The van der Waals surface area contributed by atoms with Crippen LogP contribution in [0.4, 0.5) is 9.59 Å². The Labute approximate surface area is 138 Å². The maximum absolute atomic E-state index is 11.5. The first kappa shape index (κ1) is 19.0. The summed E-state index contributed by atoms with van der Waals surface area (Å²) in [4.78, 5) is 22.5. The van der Waals surface area contributed by atoms with Gasteiger partial charge in [-0.15, -0.1) is 0 Å². The maximum atomic E-state index is 11.5. The van der Waals surface area contributed by atoms with Gasteiger partial charge in [-0.25, -0.2) is 0 Å². The van der Waals surface area contributed by atoms with Gasteiger partial charge in [-0.2, -0.15) is 0 Å². The van der Waals surface area contributed by atoms with E-state index in [4.69, 9.17) is 17.4 Å². The van der Waals surface area contributed by atoms with E-state index in [9.17, 15) is 4.79 Å². The number of nitrogens with zero attached hydrogens (tertiary/aromatic N) is 1. The van der Waals surface area contributed by atoms with E-state index in [1.165, 1.54) is 51.4 Å². The molecule has 0 aromatic rings. The van der Waals surface area contributed by atoms with Crippen molar-refractivity contribution in [1.29, 1.82) is 0 Å². The molecule has 104 valence electrons. The first-order valence-corrected chi connectivity index (χ1v) is 7.29. The molecule has 19 heavy (non-hydrogen) atoms. The molecule has 7 heteroatoms. The predicted molar refractivity (Wildman–Crippen MR) is 76.1 cm³/mol. The summed E-state index contributed by atoms with van der Waals surface area (Å²) in [5.41, 5.74) is 4.29. The van der Waals surface area contributed by atoms with Crippen LogP contribution in [0.2, 0.25) is 0 Å². The number of rotatable bonds is 2. The Hall–Kier alpha value is 0.00338. The average molecular weight is 354 g/mol. The molecular weight excluding hydrogens is 334 g/mol. The molecule has 0 bridgehead atoms. The molecule has 0 radical (unpaired) electrons. The SMILES string of the molecule is NC(=O)[S-].O=C([S-])N(C1CCCC1)C1CCCC1.[Zn+2]. The molecule has 2 fully saturated rings. The molecule has 4 nitrogen and oxygen atoms in total. The molecule has 0 unspecified atom stereocenters. The van der Waals surface area contributed by atoms with Gasteiger partial charge in [0.2, 0.25) is 0 Å². The third-order valence-corrected chi connectivity index (χ3v) is 3.86. The van der Waals surface area contributed by atoms with E-state index in [2.05, 4.69) is 18.4 Å². The van der Waals surface area contributed by atoms with E-state index in [1.807, 2.05) is 4.90 Å². The van der Waals surface area contributed by atoms with E-state index < -0.39 is 5.24 Å². The Kier molecular flexibility index (Phi) is 9.84. The van der Waals surface area contributed by atoms with Gasteiger partial charge in [0, 0.05) is 12.1 Å². The average Bonchev–Trinajstić information content (AvgIpc) is 2.88. The van der Waals surface area contributed by atoms with Crippen molar-refractivity contribution in [2.75, 3.05) is 0 Å². The van der Waals surface area contributed by atoms with Crippen molar-refractivity contribution >= 4 is 35.7 Å². The third kappa shape index (κ3) is 6.82. The number of amides is 2. The van der Waals surface area contributed by atoms with E-state index in [-0.39, 0.29) is 24.7 Å². The summed E-state index contributed by atoms with van der Waals surface area (Å²) in [5, 5.41) is -0.858. The monoisotopic (exact) mass is 352 g/mol. The summed E-state index contributed by atoms with van der Waals surface area (Å²) >= 11 is 8.62. The van der Waals surface area contributed by atoms with Crippen LogP contribution in [0.25, 0.3) is 0 Å². The van der Waals surface area contributed by atoms with Crippen LogP contribution >= 0.6 is 0 Å². The Bertz CT molecular complexity index is 273. The van der Waals surface area contributed by atoms with Gasteiger partial charge in [-0.05, 0) is 25.7 Å². The van der Waals surface area contributed by atoms with Crippen molar-refractivity contribution in [2.45, 2.75) is 63.5 Å². The summed E-state index contributed by atoms with van der Waals surface area (Å²) < 4.78 is 0. The number of hydrogen-bond acceptors (Lipinski definition) is 4. The molecule has 2 aliphatic carbocycles. The molecule has 0 saturated heterocycles. The molecule has 0 aromatic carbocycles. The number of hydrogen-bond donors (Lipinski definition) is 1. The fraction of sp³-hybridized carbons (Fsp3) is 0.833. The maximum Gasteiger partial charge on any atom is 2.00 e. The minimum atomic E-state index is -0.750. The van der Waals surface area contributed by atoms with E-state index in [1.54, 1.807) is 0 Å². The van der Waals surface area contributed by atoms with Crippen molar-refractivity contribution in [2.24, 2.45) is 5.73 Å². The van der Waals surface area contributed by atoms with Crippen molar-refractivity contribution in [3.63, 3.8) is 0 Å². The second-order valence-corrected chi connectivity index (χ2v) is 5.62. The number of nitrogens with two attached hydrogens (primary N) is 1. The van der Waals surface area contributed by atoms with Crippen molar-refractivity contribution in [3.8, 4) is 0 Å². The van der Waals surface area contributed by atoms with Gasteiger partial charge in [0.25, 0.3) is 0 Å². The number of carbonyl (C=O) groups excluding carboxylic acids is 2. The Balaban J connectivity index is 0.000000576. The van der Waals surface area contributed by atoms with Gasteiger partial charge in [0.05, 0.1) is 5.24 Å². The second kappa shape index (κ2) is 9.84. The van der Waals surface area contributed by atoms with Crippen LogP contribution in [0.15, 0.2) is 0 Å². The van der Waals surface area contributed by atoms with Crippen molar-refractivity contribution in [1.82, 2.24) is 4.90 Å². The fourth-order valence-electron chi connectivity index (χ4n) is 2.96. The Morgan fingerprint density at radius 2 is 1.16 bits per heavy atom. The normalized spacial score (nSPS) is 19.2. The van der Waals surface area contributed by atoms with Crippen LogP contribution in [0, 0.1) is 0 Å². The molecule has 2 saturated carbocycles. The topological polar surface area (TPSA) is 63.4 Å². The standard InChI is InChI=1S/C11H19NOS.CH3NOS.Zn/c13-11(14)12(9-5-1-2-6-9)10-7-3-4-8-10;2-1(3)4;/h9-10H,1-8H2,(H,13,14);(H3,2,3,4);/q;;+2/p-2. The summed E-state index contributed by atoms with van der Waals surface area (Å²) in [6.07, 6.45) is 9.82. The van der Waals surface area contributed by atoms with Crippen molar-refractivity contribution < 1.29 is 29.1 Å². The summed E-state index contributed by atoms with van der Waals surface area (Å²) in [7, 11) is 0. The Morgan fingerprint density at radius 3 is 1.37 bits per heavy atom. The van der Waals surface area contributed by atoms with E-state index in [0.29, 0.717) is 12.1 Å². The fourth-order valence-corrected chi connectivity index (χ4v) is 3.26. The molecule has 2 amide bonds.